The maximum Gasteiger partial charge on any atom is 0.129 e. The van der Waals surface area contributed by atoms with Gasteiger partial charge in [0.2, 0.25) is 0 Å². The molecule has 1 heterocycles. The minimum Gasteiger partial charge on any atom is -0.265 e. The van der Waals surface area contributed by atoms with Gasteiger partial charge in [-0.25, -0.2) is 0 Å². The van der Waals surface area contributed by atoms with Crippen molar-refractivity contribution in [2.24, 2.45) is 5.10 Å². The van der Waals surface area contributed by atoms with Crippen molar-refractivity contribution in [2.45, 2.75) is 26.2 Å². The van der Waals surface area contributed by atoms with Crippen LogP contribution in [0, 0.1) is 0 Å². The van der Waals surface area contributed by atoms with E-state index >= 15 is 0 Å². The van der Waals surface area contributed by atoms with Gasteiger partial charge in [0.05, 0.1) is 0 Å². The van der Waals surface area contributed by atoms with E-state index in [2.05, 4.69) is 17.5 Å². The first-order valence-electron chi connectivity index (χ1n) is 3.24. The number of alkyl halides is 1. The van der Waals surface area contributed by atoms with Crippen LogP contribution in [0.15, 0.2) is 5.10 Å². The van der Waals surface area contributed by atoms with Crippen LogP contribution in [0.25, 0.3) is 0 Å². The number of nitrogens with one attached hydrogen (secondary N) is 1. The summed E-state index contributed by atoms with van der Waals surface area (Å²) in [5, 5.41) is 3.38. The molecule has 0 fully saturated rings. The molecule has 0 radical (unpaired) electrons. The SMILES string of the molecule is C1=NN1.CCCCCCl. The molecule has 54 valence electrons. The molecule has 0 atom stereocenters. The van der Waals surface area contributed by atoms with E-state index in [0.717, 1.165) is 5.88 Å². The van der Waals surface area contributed by atoms with Gasteiger partial charge in [-0.15, -0.1) is 11.6 Å². The van der Waals surface area contributed by atoms with Crippen molar-refractivity contribution >= 4 is 17.9 Å². The molecule has 9 heavy (non-hydrogen) atoms. The zero-order valence-corrected chi connectivity index (χ0v) is 6.49. The number of rotatable bonds is 3. The van der Waals surface area contributed by atoms with E-state index in [9.17, 15) is 0 Å². The van der Waals surface area contributed by atoms with E-state index in [1.165, 1.54) is 19.3 Å². The lowest BCUT2D eigenvalue weighted by atomic mass is 10.3. The molecule has 1 N–H and O–H groups in total. The predicted molar refractivity (Wildman–Crippen MR) is 41.9 cm³/mol. The smallest absolute Gasteiger partial charge is 0.129 e. The van der Waals surface area contributed by atoms with Gasteiger partial charge in [0.25, 0.3) is 0 Å². The fraction of sp³-hybridized carbons (Fsp3) is 0.833. The monoisotopic (exact) mass is 148 g/mol. The Morgan fingerprint density at radius 3 is 2.22 bits per heavy atom. The normalized spacial score (nSPS) is 11.3. The van der Waals surface area contributed by atoms with Crippen molar-refractivity contribution in [3.8, 4) is 0 Å². The fourth-order valence-corrected chi connectivity index (χ4v) is 0.533. The standard InChI is InChI=1S/C5H11Cl.CH2N2/c1-2-3-4-5-6;1-2-3-1/h2-5H2,1H3;1H,(H,2,3). The molecule has 0 aromatic carbocycles. The Kier molecular flexibility index (Phi) is 7.55. The van der Waals surface area contributed by atoms with Crippen molar-refractivity contribution in [1.29, 1.82) is 0 Å². The van der Waals surface area contributed by atoms with Crippen molar-refractivity contribution < 1.29 is 0 Å². The average molecular weight is 149 g/mol. The lowest BCUT2D eigenvalue weighted by Crippen LogP contribution is -1.70. The van der Waals surface area contributed by atoms with Crippen LogP contribution in [-0.2, 0) is 0 Å². The molecule has 0 aromatic rings. The van der Waals surface area contributed by atoms with Crippen molar-refractivity contribution in [3.63, 3.8) is 0 Å². The minimum absolute atomic E-state index is 0.827. The number of hydrogen-bond donors (Lipinski definition) is 1. The van der Waals surface area contributed by atoms with E-state index in [-0.39, 0.29) is 0 Å². The van der Waals surface area contributed by atoms with Crippen LogP contribution in [0.2, 0.25) is 0 Å². The molecule has 0 unspecified atom stereocenters. The molecule has 0 bridgehead atoms. The van der Waals surface area contributed by atoms with Gasteiger partial charge in [0.1, 0.15) is 6.34 Å². The molecule has 2 nitrogen and oxygen atoms in total. The summed E-state index contributed by atoms with van der Waals surface area (Å²) in [5.41, 5.74) is 2.50. The van der Waals surface area contributed by atoms with Crippen LogP contribution in [0.4, 0.5) is 0 Å². The van der Waals surface area contributed by atoms with Crippen LogP contribution in [0.3, 0.4) is 0 Å². The Labute approximate surface area is 61.3 Å². The average Bonchev–Trinajstić information content (AvgIpc) is 2.67. The highest BCUT2D eigenvalue weighted by molar-refractivity contribution is 6.17. The van der Waals surface area contributed by atoms with Crippen LogP contribution >= 0.6 is 11.6 Å². The number of hydrazone groups is 1. The second kappa shape index (κ2) is 7.76. The Morgan fingerprint density at radius 2 is 2.11 bits per heavy atom. The highest BCUT2D eigenvalue weighted by Crippen LogP contribution is 1.93. The minimum atomic E-state index is 0.827. The lowest BCUT2D eigenvalue weighted by molar-refractivity contribution is 0.776. The summed E-state index contributed by atoms with van der Waals surface area (Å²) in [6.07, 6.45) is 5.36. The van der Waals surface area contributed by atoms with Gasteiger partial charge in [0, 0.05) is 5.88 Å². The fourth-order valence-electron chi connectivity index (χ4n) is 0.344. The summed E-state index contributed by atoms with van der Waals surface area (Å²) in [6, 6.07) is 0. The molecule has 0 amide bonds. The summed E-state index contributed by atoms with van der Waals surface area (Å²) in [6.45, 7) is 2.17. The van der Waals surface area contributed by atoms with Crippen molar-refractivity contribution in [3.05, 3.63) is 0 Å². The Bertz CT molecular complexity index is 65.5. The first-order valence-corrected chi connectivity index (χ1v) is 3.78. The summed E-state index contributed by atoms with van der Waals surface area (Å²) in [5.74, 6) is 0.827. The van der Waals surface area contributed by atoms with Crippen molar-refractivity contribution in [2.75, 3.05) is 5.88 Å². The first-order chi connectivity index (χ1) is 4.41. The molecule has 0 saturated heterocycles. The quantitative estimate of drug-likeness (QED) is 0.482. The van der Waals surface area contributed by atoms with E-state index in [1.54, 1.807) is 6.34 Å². The Balaban J connectivity index is 0.000000173. The lowest BCUT2D eigenvalue weighted by Gasteiger charge is -1.84. The summed E-state index contributed by atoms with van der Waals surface area (Å²) in [4.78, 5) is 0. The molecule has 0 spiro atoms. The van der Waals surface area contributed by atoms with Crippen molar-refractivity contribution in [1.82, 2.24) is 5.43 Å². The number of hydrogen-bond acceptors (Lipinski definition) is 2. The van der Waals surface area contributed by atoms with E-state index in [1.807, 2.05) is 0 Å². The van der Waals surface area contributed by atoms with E-state index in [4.69, 9.17) is 11.6 Å². The first kappa shape index (κ1) is 8.76. The third kappa shape index (κ3) is 18.2. The number of unbranched alkanes of at least 4 members (excludes halogenated alkanes) is 2. The Hall–Kier alpha value is -0.240. The molecule has 1 rings (SSSR count). The van der Waals surface area contributed by atoms with Gasteiger partial charge < -0.3 is 0 Å². The second-order valence-corrected chi connectivity index (χ2v) is 2.16. The molecule has 0 aliphatic carbocycles. The molecule has 3 heteroatoms. The topological polar surface area (TPSA) is 34.3 Å². The Morgan fingerprint density at radius 1 is 1.56 bits per heavy atom. The molecular weight excluding hydrogens is 136 g/mol. The zero-order chi connectivity index (χ0) is 6.95. The highest BCUT2D eigenvalue weighted by Gasteiger charge is 1.76. The maximum atomic E-state index is 5.38. The number of nitrogens with zero attached hydrogens (tertiary/aromatic N) is 1. The molecule has 1 aliphatic heterocycles. The molecule has 0 aromatic heterocycles. The van der Waals surface area contributed by atoms with Gasteiger partial charge >= 0.3 is 0 Å². The zero-order valence-electron chi connectivity index (χ0n) is 5.73. The van der Waals surface area contributed by atoms with Gasteiger partial charge in [-0.05, 0) is 6.42 Å². The third-order valence-corrected chi connectivity index (χ3v) is 1.13. The summed E-state index contributed by atoms with van der Waals surface area (Å²) >= 11 is 5.38. The molecule has 1 aliphatic rings. The van der Waals surface area contributed by atoms with Crippen LogP contribution in [0.1, 0.15) is 26.2 Å². The summed E-state index contributed by atoms with van der Waals surface area (Å²) < 4.78 is 0. The summed E-state index contributed by atoms with van der Waals surface area (Å²) in [7, 11) is 0. The molecule has 0 saturated carbocycles. The van der Waals surface area contributed by atoms with E-state index in [0.29, 0.717) is 0 Å². The maximum absolute atomic E-state index is 5.38. The largest absolute Gasteiger partial charge is 0.265 e. The van der Waals surface area contributed by atoms with Gasteiger partial charge in [-0.1, -0.05) is 19.8 Å². The van der Waals surface area contributed by atoms with Gasteiger partial charge in [-0.3, -0.25) is 5.43 Å². The predicted octanol–water partition coefficient (Wildman–Crippen LogP) is 1.95. The highest BCUT2D eigenvalue weighted by atomic mass is 35.5. The van der Waals surface area contributed by atoms with Crippen LogP contribution in [-0.4, -0.2) is 12.2 Å². The van der Waals surface area contributed by atoms with Crippen LogP contribution < -0.4 is 5.43 Å². The number of halogens is 1. The van der Waals surface area contributed by atoms with Gasteiger partial charge in [0.15, 0.2) is 0 Å². The molecular formula is C6H13ClN2. The second-order valence-electron chi connectivity index (χ2n) is 1.78. The van der Waals surface area contributed by atoms with Crippen LogP contribution in [0.5, 0.6) is 0 Å². The van der Waals surface area contributed by atoms with E-state index < -0.39 is 0 Å². The van der Waals surface area contributed by atoms with Gasteiger partial charge in [-0.2, -0.15) is 5.10 Å². The third-order valence-electron chi connectivity index (χ3n) is 0.866.